The van der Waals surface area contributed by atoms with E-state index in [9.17, 15) is 18.0 Å². The molecule has 0 aliphatic carbocycles. The van der Waals surface area contributed by atoms with Crippen LogP contribution in [0.5, 0.6) is 0 Å². The standard InChI is InChI=1S/C12H22F3NO/c1-9(2)10(6-8-16)3-4-11(17)5-7-12(13,14)15/h9-10H,3-8,16H2,1-2H3. The Bertz CT molecular complexity index is 226. The molecule has 5 heteroatoms. The number of hydrogen-bond donors (Lipinski definition) is 1. The van der Waals surface area contributed by atoms with E-state index in [-0.39, 0.29) is 12.2 Å². The lowest BCUT2D eigenvalue weighted by Gasteiger charge is -2.19. The summed E-state index contributed by atoms with van der Waals surface area (Å²) in [7, 11) is 0. The molecule has 0 saturated carbocycles. The Morgan fingerprint density at radius 2 is 1.76 bits per heavy atom. The third kappa shape index (κ3) is 9.15. The van der Waals surface area contributed by atoms with Crippen LogP contribution in [0.15, 0.2) is 0 Å². The Morgan fingerprint density at radius 3 is 2.18 bits per heavy atom. The van der Waals surface area contributed by atoms with Gasteiger partial charge >= 0.3 is 6.18 Å². The van der Waals surface area contributed by atoms with Crippen molar-refractivity contribution in [3.8, 4) is 0 Å². The van der Waals surface area contributed by atoms with Crippen molar-refractivity contribution in [1.82, 2.24) is 0 Å². The molecule has 2 nitrogen and oxygen atoms in total. The molecule has 0 aliphatic heterocycles. The quantitative estimate of drug-likeness (QED) is 0.721. The predicted octanol–water partition coefficient (Wildman–Crippen LogP) is 3.30. The number of alkyl halides is 3. The van der Waals surface area contributed by atoms with Crippen LogP contribution in [0.4, 0.5) is 13.2 Å². The lowest BCUT2D eigenvalue weighted by atomic mass is 9.87. The Morgan fingerprint density at radius 1 is 1.18 bits per heavy atom. The van der Waals surface area contributed by atoms with Crippen LogP contribution in [0.3, 0.4) is 0 Å². The van der Waals surface area contributed by atoms with Crippen LogP contribution in [-0.2, 0) is 4.79 Å². The van der Waals surface area contributed by atoms with Crippen molar-refractivity contribution in [2.24, 2.45) is 17.6 Å². The van der Waals surface area contributed by atoms with Gasteiger partial charge in [-0.3, -0.25) is 4.79 Å². The predicted molar refractivity (Wildman–Crippen MR) is 61.5 cm³/mol. The highest BCUT2D eigenvalue weighted by molar-refractivity contribution is 5.78. The lowest BCUT2D eigenvalue weighted by molar-refractivity contribution is -0.143. The van der Waals surface area contributed by atoms with Gasteiger partial charge in [-0.15, -0.1) is 0 Å². The van der Waals surface area contributed by atoms with E-state index < -0.39 is 19.0 Å². The van der Waals surface area contributed by atoms with Gasteiger partial charge in [-0.25, -0.2) is 0 Å². The summed E-state index contributed by atoms with van der Waals surface area (Å²) in [5.74, 6) is 0.439. The topological polar surface area (TPSA) is 43.1 Å². The minimum absolute atomic E-state index is 0.235. The number of Topliss-reactive ketones (excluding diaryl/α,β-unsaturated/α-hetero) is 1. The van der Waals surface area contributed by atoms with Gasteiger partial charge < -0.3 is 5.73 Å². The van der Waals surface area contributed by atoms with Crippen molar-refractivity contribution in [3.63, 3.8) is 0 Å². The molecule has 2 N–H and O–H groups in total. The fourth-order valence-electron chi connectivity index (χ4n) is 1.78. The highest BCUT2D eigenvalue weighted by Crippen LogP contribution is 2.24. The van der Waals surface area contributed by atoms with Crippen LogP contribution in [0, 0.1) is 11.8 Å². The zero-order chi connectivity index (χ0) is 13.5. The van der Waals surface area contributed by atoms with Gasteiger partial charge in [0.05, 0.1) is 6.42 Å². The minimum atomic E-state index is -4.23. The van der Waals surface area contributed by atoms with Crippen molar-refractivity contribution in [2.75, 3.05) is 6.54 Å². The van der Waals surface area contributed by atoms with Gasteiger partial charge in [0.15, 0.2) is 0 Å². The van der Waals surface area contributed by atoms with Crippen molar-refractivity contribution in [1.29, 1.82) is 0 Å². The zero-order valence-electron chi connectivity index (χ0n) is 10.5. The van der Waals surface area contributed by atoms with Crippen LogP contribution >= 0.6 is 0 Å². The largest absolute Gasteiger partial charge is 0.389 e. The molecule has 0 spiro atoms. The van der Waals surface area contributed by atoms with Gasteiger partial charge in [-0.2, -0.15) is 13.2 Å². The van der Waals surface area contributed by atoms with E-state index in [1.165, 1.54) is 0 Å². The summed E-state index contributed by atoms with van der Waals surface area (Å²) in [6, 6.07) is 0. The molecule has 0 aromatic carbocycles. The zero-order valence-corrected chi connectivity index (χ0v) is 10.5. The molecule has 102 valence electrons. The molecule has 0 radical (unpaired) electrons. The number of rotatable bonds is 8. The minimum Gasteiger partial charge on any atom is -0.330 e. The average Bonchev–Trinajstić information content (AvgIpc) is 2.19. The number of halogens is 3. The maximum atomic E-state index is 11.9. The molecule has 0 amide bonds. The van der Waals surface area contributed by atoms with Crippen molar-refractivity contribution < 1.29 is 18.0 Å². The molecular weight excluding hydrogens is 231 g/mol. The molecule has 1 atom stereocenters. The van der Waals surface area contributed by atoms with E-state index in [0.717, 1.165) is 6.42 Å². The number of carbonyl (C=O) groups excluding carboxylic acids is 1. The SMILES string of the molecule is CC(C)C(CCN)CCC(=O)CCC(F)(F)F. The third-order valence-electron chi connectivity index (χ3n) is 2.96. The number of carbonyl (C=O) groups is 1. The average molecular weight is 253 g/mol. The monoisotopic (exact) mass is 253 g/mol. The molecule has 0 fully saturated rings. The third-order valence-corrected chi connectivity index (χ3v) is 2.96. The molecule has 0 bridgehead atoms. The number of nitrogens with two attached hydrogens (primary N) is 1. The van der Waals surface area contributed by atoms with Crippen molar-refractivity contribution >= 4 is 5.78 Å². The maximum Gasteiger partial charge on any atom is 0.389 e. The van der Waals surface area contributed by atoms with Gasteiger partial charge in [0.2, 0.25) is 0 Å². The van der Waals surface area contributed by atoms with Crippen LogP contribution in [0.25, 0.3) is 0 Å². The summed E-state index contributed by atoms with van der Waals surface area (Å²) in [4.78, 5) is 11.3. The fraction of sp³-hybridized carbons (Fsp3) is 0.917. The van der Waals surface area contributed by atoms with Gasteiger partial charge in [0.25, 0.3) is 0 Å². The molecule has 0 aromatic rings. The fourth-order valence-corrected chi connectivity index (χ4v) is 1.78. The lowest BCUT2D eigenvalue weighted by Crippen LogP contribution is -2.16. The van der Waals surface area contributed by atoms with Crippen LogP contribution in [0.2, 0.25) is 0 Å². The summed E-state index contributed by atoms with van der Waals surface area (Å²) < 4.78 is 35.7. The highest BCUT2D eigenvalue weighted by Gasteiger charge is 2.27. The summed E-state index contributed by atoms with van der Waals surface area (Å²) in [5.41, 5.74) is 5.46. The van der Waals surface area contributed by atoms with E-state index in [2.05, 4.69) is 0 Å². The van der Waals surface area contributed by atoms with Crippen LogP contribution in [-0.4, -0.2) is 18.5 Å². The smallest absolute Gasteiger partial charge is 0.330 e. The van der Waals surface area contributed by atoms with E-state index in [0.29, 0.717) is 24.8 Å². The van der Waals surface area contributed by atoms with Gasteiger partial charge in [-0.05, 0) is 31.2 Å². The molecule has 0 saturated heterocycles. The first-order chi connectivity index (χ1) is 7.76. The van der Waals surface area contributed by atoms with Crippen molar-refractivity contribution in [2.45, 2.75) is 52.1 Å². The van der Waals surface area contributed by atoms with Crippen LogP contribution in [0.1, 0.15) is 46.0 Å². The summed E-state index contributed by atoms with van der Waals surface area (Å²) in [6.45, 7) is 4.64. The van der Waals surface area contributed by atoms with Crippen LogP contribution < -0.4 is 5.73 Å². The number of hydrogen-bond acceptors (Lipinski definition) is 2. The summed E-state index contributed by atoms with van der Waals surface area (Å²) in [6.07, 6.45) is -3.93. The molecule has 0 aliphatic rings. The Labute approximate surface area is 101 Å². The molecule has 17 heavy (non-hydrogen) atoms. The summed E-state index contributed by atoms with van der Waals surface area (Å²) >= 11 is 0. The molecule has 0 rings (SSSR count). The highest BCUT2D eigenvalue weighted by atomic mass is 19.4. The normalized spacial score (nSPS) is 14.1. The summed E-state index contributed by atoms with van der Waals surface area (Å²) in [5, 5.41) is 0. The Balaban J connectivity index is 3.88. The van der Waals surface area contributed by atoms with E-state index in [4.69, 9.17) is 5.73 Å². The Kier molecular flexibility index (Phi) is 7.43. The van der Waals surface area contributed by atoms with Gasteiger partial charge in [0.1, 0.15) is 5.78 Å². The second-order valence-corrected chi connectivity index (χ2v) is 4.77. The van der Waals surface area contributed by atoms with E-state index in [1.54, 1.807) is 0 Å². The van der Waals surface area contributed by atoms with E-state index in [1.807, 2.05) is 13.8 Å². The first-order valence-corrected chi connectivity index (χ1v) is 6.04. The second kappa shape index (κ2) is 7.69. The first kappa shape index (κ1) is 16.4. The molecule has 1 unspecified atom stereocenters. The molecule has 0 aromatic heterocycles. The Hall–Kier alpha value is -0.580. The van der Waals surface area contributed by atoms with Gasteiger partial charge in [0, 0.05) is 12.8 Å². The van der Waals surface area contributed by atoms with Crippen molar-refractivity contribution in [3.05, 3.63) is 0 Å². The molecule has 0 heterocycles. The second-order valence-electron chi connectivity index (χ2n) is 4.77. The van der Waals surface area contributed by atoms with Gasteiger partial charge in [-0.1, -0.05) is 13.8 Å². The molecular formula is C12H22F3NO. The number of ketones is 1. The first-order valence-electron chi connectivity index (χ1n) is 6.04. The maximum absolute atomic E-state index is 11.9. The van der Waals surface area contributed by atoms with E-state index >= 15 is 0 Å².